The Bertz CT molecular complexity index is 700. The molecule has 5 heteroatoms. The Kier molecular flexibility index (Phi) is 3.35. The monoisotopic (exact) mass is 284 g/mol. The van der Waals surface area contributed by atoms with Crippen molar-refractivity contribution in [1.29, 1.82) is 0 Å². The van der Waals surface area contributed by atoms with Gasteiger partial charge in [-0.05, 0) is 37.1 Å². The van der Waals surface area contributed by atoms with Crippen molar-refractivity contribution in [2.75, 3.05) is 4.90 Å². The summed E-state index contributed by atoms with van der Waals surface area (Å²) in [6.45, 7) is 1.79. The minimum atomic E-state index is -0.462. The zero-order chi connectivity index (χ0) is 15.0. The Morgan fingerprint density at radius 1 is 1.33 bits per heavy atom. The smallest absolute Gasteiger partial charge is 0.275 e. The molecule has 1 unspecified atom stereocenters. The lowest BCUT2D eigenvalue weighted by Gasteiger charge is -2.25. The van der Waals surface area contributed by atoms with Gasteiger partial charge < -0.3 is 10.0 Å². The van der Waals surface area contributed by atoms with E-state index in [0.717, 1.165) is 17.8 Å². The summed E-state index contributed by atoms with van der Waals surface area (Å²) in [4.78, 5) is 12.7. The molecule has 3 rings (SSSR count). The fourth-order valence-corrected chi connectivity index (χ4v) is 2.99. The maximum atomic E-state index is 11.0. The summed E-state index contributed by atoms with van der Waals surface area (Å²) in [7, 11) is 0. The molecule has 2 aromatic carbocycles. The fourth-order valence-electron chi connectivity index (χ4n) is 2.99. The van der Waals surface area contributed by atoms with E-state index in [1.807, 2.05) is 12.1 Å². The minimum Gasteiger partial charge on any atom is -0.391 e. The van der Waals surface area contributed by atoms with Crippen molar-refractivity contribution in [2.45, 2.75) is 26.0 Å². The number of hydrogen-bond acceptors (Lipinski definition) is 4. The van der Waals surface area contributed by atoms with Gasteiger partial charge in [-0.1, -0.05) is 18.2 Å². The summed E-state index contributed by atoms with van der Waals surface area (Å²) in [5.41, 5.74) is 3.58. The highest BCUT2D eigenvalue weighted by Crippen LogP contribution is 2.39. The predicted molar refractivity (Wildman–Crippen MR) is 80.8 cm³/mol. The van der Waals surface area contributed by atoms with Gasteiger partial charge in [0.25, 0.3) is 5.69 Å². The third kappa shape index (κ3) is 2.25. The molecule has 0 aliphatic carbocycles. The van der Waals surface area contributed by atoms with Crippen LogP contribution < -0.4 is 4.90 Å². The number of fused-ring (bicyclic) bond motifs is 1. The molecule has 1 N–H and O–H groups in total. The van der Waals surface area contributed by atoms with Crippen molar-refractivity contribution >= 4 is 17.1 Å². The van der Waals surface area contributed by atoms with Crippen molar-refractivity contribution in [2.24, 2.45) is 0 Å². The highest BCUT2D eigenvalue weighted by Gasteiger charge is 2.27. The predicted octanol–water partition coefficient (Wildman–Crippen LogP) is 3.17. The lowest BCUT2D eigenvalue weighted by molar-refractivity contribution is -0.385. The summed E-state index contributed by atoms with van der Waals surface area (Å²) in [5, 5.41) is 20.3. The maximum absolute atomic E-state index is 11.0. The molecule has 1 heterocycles. The third-order valence-corrected chi connectivity index (χ3v) is 3.92. The molecule has 1 aliphatic rings. The van der Waals surface area contributed by atoms with Crippen LogP contribution in [0.4, 0.5) is 17.1 Å². The summed E-state index contributed by atoms with van der Waals surface area (Å²) < 4.78 is 0. The first-order valence-corrected chi connectivity index (χ1v) is 6.87. The summed E-state index contributed by atoms with van der Waals surface area (Å²) in [5.74, 6) is 0. The number of benzene rings is 2. The van der Waals surface area contributed by atoms with E-state index in [-0.39, 0.29) is 18.3 Å². The van der Waals surface area contributed by atoms with Crippen LogP contribution in [0, 0.1) is 10.1 Å². The first kappa shape index (κ1) is 13.6. The fraction of sp³-hybridized carbons (Fsp3) is 0.250. The van der Waals surface area contributed by atoms with Gasteiger partial charge in [0.2, 0.25) is 0 Å². The Balaban J connectivity index is 2.07. The first-order chi connectivity index (χ1) is 10.1. The molecule has 0 bridgehead atoms. The van der Waals surface area contributed by atoms with Crippen molar-refractivity contribution < 1.29 is 10.0 Å². The van der Waals surface area contributed by atoms with Gasteiger partial charge in [0, 0.05) is 23.5 Å². The third-order valence-electron chi connectivity index (χ3n) is 3.92. The average molecular weight is 284 g/mol. The molecular formula is C16H16N2O3. The standard InChI is InChI=1S/C16H16N2O3/c1-11-8-12-4-2-3-5-15(12)17(11)14-6-7-16(18(20)21)13(9-14)10-19/h2-7,9,11,19H,8,10H2,1H3. The van der Waals surface area contributed by atoms with Gasteiger partial charge >= 0.3 is 0 Å². The number of nitro benzene ring substituents is 1. The molecular weight excluding hydrogens is 268 g/mol. The van der Waals surface area contributed by atoms with Gasteiger partial charge in [-0.25, -0.2) is 0 Å². The molecule has 0 saturated carbocycles. The number of anilines is 2. The minimum absolute atomic E-state index is 0.0404. The van der Waals surface area contributed by atoms with Crippen LogP contribution in [0.3, 0.4) is 0 Å². The van der Waals surface area contributed by atoms with Gasteiger partial charge in [0.1, 0.15) is 0 Å². The van der Waals surface area contributed by atoms with E-state index in [4.69, 9.17) is 0 Å². The average Bonchev–Trinajstić information content (AvgIpc) is 2.82. The Labute approximate surface area is 122 Å². The van der Waals surface area contributed by atoms with Gasteiger partial charge in [-0.3, -0.25) is 10.1 Å². The number of aliphatic hydroxyl groups excluding tert-OH is 1. The molecule has 0 radical (unpaired) electrons. The molecule has 1 aliphatic heterocycles. The second-order valence-electron chi connectivity index (χ2n) is 5.28. The van der Waals surface area contributed by atoms with Crippen molar-refractivity contribution in [3.05, 3.63) is 63.7 Å². The summed E-state index contributed by atoms with van der Waals surface area (Å²) in [6.07, 6.45) is 0.946. The molecule has 21 heavy (non-hydrogen) atoms. The van der Waals surface area contributed by atoms with E-state index < -0.39 is 4.92 Å². The van der Waals surface area contributed by atoms with Crippen LogP contribution in [0.5, 0.6) is 0 Å². The Morgan fingerprint density at radius 3 is 2.81 bits per heavy atom. The second-order valence-corrected chi connectivity index (χ2v) is 5.28. The zero-order valence-electron chi connectivity index (χ0n) is 11.7. The highest BCUT2D eigenvalue weighted by atomic mass is 16.6. The molecule has 0 spiro atoms. The molecule has 108 valence electrons. The van der Waals surface area contributed by atoms with Gasteiger partial charge in [0.05, 0.1) is 17.1 Å². The van der Waals surface area contributed by atoms with Crippen LogP contribution in [-0.4, -0.2) is 16.1 Å². The summed E-state index contributed by atoms with van der Waals surface area (Å²) in [6, 6.07) is 13.4. The van der Waals surface area contributed by atoms with Crippen LogP contribution >= 0.6 is 0 Å². The van der Waals surface area contributed by atoms with Crippen LogP contribution in [-0.2, 0) is 13.0 Å². The highest BCUT2D eigenvalue weighted by molar-refractivity contribution is 5.72. The van der Waals surface area contributed by atoms with E-state index >= 15 is 0 Å². The first-order valence-electron chi connectivity index (χ1n) is 6.87. The van der Waals surface area contributed by atoms with E-state index in [1.54, 1.807) is 12.1 Å². The molecule has 2 aromatic rings. The van der Waals surface area contributed by atoms with Crippen molar-refractivity contribution in [3.8, 4) is 0 Å². The number of para-hydroxylation sites is 1. The Hall–Kier alpha value is -2.40. The molecule has 0 amide bonds. The summed E-state index contributed by atoms with van der Waals surface area (Å²) >= 11 is 0. The number of rotatable bonds is 3. The van der Waals surface area contributed by atoms with Crippen molar-refractivity contribution in [1.82, 2.24) is 0 Å². The quantitative estimate of drug-likeness (QED) is 0.694. The molecule has 1 atom stereocenters. The van der Waals surface area contributed by atoms with Gasteiger partial charge in [-0.2, -0.15) is 0 Å². The second kappa shape index (κ2) is 5.18. The largest absolute Gasteiger partial charge is 0.391 e. The molecule has 0 saturated heterocycles. The molecule has 0 fully saturated rings. The Morgan fingerprint density at radius 2 is 2.10 bits per heavy atom. The number of hydrogen-bond donors (Lipinski definition) is 1. The lowest BCUT2D eigenvalue weighted by Crippen LogP contribution is -2.24. The van der Waals surface area contributed by atoms with E-state index in [2.05, 4.69) is 24.0 Å². The van der Waals surface area contributed by atoms with E-state index in [0.29, 0.717) is 5.56 Å². The van der Waals surface area contributed by atoms with Crippen LogP contribution in [0.15, 0.2) is 42.5 Å². The molecule has 5 nitrogen and oxygen atoms in total. The number of aliphatic hydroxyl groups is 1. The van der Waals surface area contributed by atoms with Crippen molar-refractivity contribution in [3.63, 3.8) is 0 Å². The number of nitrogens with zero attached hydrogens (tertiary/aromatic N) is 2. The number of nitro groups is 1. The van der Waals surface area contributed by atoms with E-state index in [9.17, 15) is 15.2 Å². The molecule has 0 aromatic heterocycles. The normalized spacial score (nSPS) is 16.9. The topological polar surface area (TPSA) is 66.6 Å². The van der Waals surface area contributed by atoms with Crippen LogP contribution in [0.25, 0.3) is 0 Å². The zero-order valence-corrected chi connectivity index (χ0v) is 11.7. The maximum Gasteiger partial charge on any atom is 0.275 e. The van der Waals surface area contributed by atoms with Crippen LogP contribution in [0.2, 0.25) is 0 Å². The van der Waals surface area contributed by atoms with Gasteiger partial charge in [-0.15, -0.1) is 0 Å². The van der Waals surface area contributed by atoms with E-state index in [1.165, 1.54) is 11.6 Å². The lowest BCUT2D eigenvalue weighted by atomic mass is 10.1. The van der Waals surface area contributed by atoms with Gasteiger partial charge in [0.15, 0.2) is 0 Å². The SMILES string of the molecule is CC1Cc2ccccc2N1c1ccc([N+](=O)[O-])c(CO)c1. The van der Waals surface area contributed by atoms with Crippen LogP contribution in [0.1, 0.15) is 18.1 Å².